The highest BCUT2D eigenvalue weighted by atomic mass is 32.2. The summed E-state index contributed by atoms with van der Waals surface area (Å²) in [6.07, 6.45) is 8.69. The molecule has 0 aliphatic heterocycles. The van der Waals surface area contributed by atoms with Crippen molar-refractivity contribution in [2.75, 3.05) is 11.0 Å². The lowest BCUT2D eigenvalue weighted by Gasteiger charge is -2.25. The first-order valence-electron chi connectivity index (χ1n) is 9.76. The number of carboxylic acids is 1. The van der Waals surface area contributed by atoms with E-state index in [4.69, 9.17) is 0 Å². The largest absolute Gasteiger partial charge is 0.478 e. The summed E-state index contributed by atoms with van der Waals surface area (Å²) >= 11 is 1.44. The van der Waals surface area contributed by atoms with Gasteiger partial charge in [-0.05, 0) is 72.5 Å². The molecule has 0 amide bonds. The highest BCUT2D eigenvalue weighted by Crippen LogP contribution is 2.39. The van der Waals surface area contributed by atoms with Crippen molar-refractivity contribution >= 4 is 34.4 Å². The van der Waals surface area contributed by atoms with Crippen LogP contribution in [0.2, 0.25) is 0 Å². The van der Waals surface area contributed by atoms with E-state index in [2.05, 4.69) is 17.7 Å². The maximum absolute atomic E-state index is 12.0. The Hall–Kier alpha value is -1.79. The molecule has 1 aliphatic rings. The van der Waals surface area contributed by atoms with Crippen molar-refractivity contribution in [1.82, 2.24) is 0 Å². The van der Waals surface area contributed by atoms with E-state index in [1.54, 1.807) is 18.4 Å². The molecule has 0 heterocycles. The van der Waals surface area contributed by atoms with E-state index in [1.165, 1.54) is 49.6 Å². The summed E-state index contributed by atoms with van der Waals surface area (Å²) in [4.78, 5) is 13.1. The first-order valence-corrected chi connectivity index (χ1v) is 12.1. The second-order valence-corrected chi connectivity index (χ2v) is 9.45. The van der Waals surface area contributed by atoms with Crippen molar-refractivity contribution in [2.24, 2.45) is 0 Å². The number of aromatic carboxylic acids is 1. The van der Waals surface area contributed by atoms with E-state index < -0.39 is 16.8 Å². The number of aryl methyl sites for hydroxylation is 1. The fraction of sp³-hybridized carbons (Fsp3) is 0.409. The number of carboxylic acid groups (broad SMARTS) is 1. The Kier molecular flexibility index (Phi) is 7.18. The molecule has 2 aromatic carbocycles. The second kappa shape index (κ2) is 9.61. The third-order valence-electron chi connectivity index (χ3n) is 5.37. The van der Waals surface area contributed by atoms with Crippen LogP contribution in [0.15, 0.2) is 46.2 Å². The molecular formula is C22H27NO3S2. The van der Waals surface area contributed by atoms with Crippen LogP contribution in [0.1, 0.15) is 66.4 Å². The number of anilines is 1. The first kappa shape index (κ1) is 20.9. The fourth-order valence-corrected chi connectivity index (χ4v) is 5.23. The molecule has 1 saturated carbocycles. The predicted molar refractivity (Wildman–Crippen MR) is 117 cm³/mol. The normalized spacial score (nSPS) is 15.9. The van der Waals surface area contributed by atoms with Gasteiger partial charge in [-0.2, -0.15) is 0 Å². The van der Waals surface area contributed by atoms with Gasteiger partial charge in [-0.3, -0.25) is 4.21 Å². The quantitative estimate of drug-likeness (QED) is 0.553. The van der Waals surface area contributed by atoms with Crippen molar-refractivity contribution in [3.05, 3.63) is 53.1 Å². The molecule has 1 unspecified atom stereocenters. The monoisotopic (exact) mass is 417 g/mol. The first-order chi connectivity index (χ1) is 13.5. The number of rotatable bonds is 7. The smallest absolute Gasteiger partial charge is 0.335 e. The summed E-state index contributed by atoms with van der Waals surface area (Å²) in [5, 5.41) is 9.31. The zero-order valence-corrected chi connectivity index (χ0v) is 18.0. The highest BCUT2D eigenvalue weighted by Gasteiger charge is 2.20. The average molecular weight is 418 g/mol. The van der Waals surface area contributed by atoms with Gasteiger partial charge in [0.05, 0.1) is 5.56 Å². The van der Waals surface area contributed by atoms with Gasteiger partial charge >= 0.3 is 5.97 Å². The molecule has 28 heavy (non-hydrogen) atoms. The molecule has 1 aliphatic carbocycles. The number of hydrogen-bond donors (Lipinski definition) is 2. The predicted octanol–water partition coefficient (Wildman–Crippen LogP) is 5.85. The van der Waals surface area contributed by atoms with Gasteiger partial charge in [-0.25, -0.2) is 4.79 Å². The molecule has 0 saturated heterocycles. The van der Waals surface area contributed by atoms with Gasteiger partial charge in [-0.1, -0.05) is 38.3 Å². The molecule has 1 fully saturated rings. The van der Waals surface area contributed by atoms with Crippen LogP contribution in [0.4, 0.5) is 5.69 Å². The topological polar surface area (TPSA) is 66.4 Å². The molecule has 0 spiro atoms. The van der Waals surface area contributed by atoms with E-state index in [-0.39, 0.29) is 5.56 Å². The van der Waals surface area contributed by atoms with Crippen LogP contribution >= 0.6 is 11.9 Å². The van der Waals surface area contributed by atoms with Gasteiger partial charge in [0.2, 0.25) is 0 Å². The number of carbonyl (C=O) groups is 1. The maximum atomic E-state index is 12.0. The lowest BCUT2D eigenvalue weighted by Crippen LogP contribution is -2.08. The molecule has 3 rings (SSSR count). The summed E-state index contributed by atoms with van der Waals surface area (Å²) in [5.74, 6) is -0.400. The molecule has 2 aromatic rings. The second-order valence-electron chi connectivity index (χ2n) is 7.22. The van der Waals surface area contributed by atoms with Crippen molar-refractivity contribution in [2.45, 2.75) is 61.2 Å². The Balaban J connectivity index is 1.90. The Morgan fingerprint density at radius 1 is 1.18 bits per heavy atom. The standard InChI is InChI=1S/C22H27NO3S2/c1-3-15-9-10-17(22(24)25)13-21(15)27-23-20-14-18(28(2)26)11-12-19(20)16-7-5-4-6-8-16/h9-14,16,23H,3-8H2,1-2H3,(H,24,25). The summed E-state index contributed by atoms with van der Waals surface area (Å²) in [7, 11) is -1.04. The Bertz CT molecular complexity index is 876. The fourth-order valence-electron chi connectivity index (χ4n) is 3.76. The van der Waals surface area contributed by atoms with E-state index in [1.807, 2.05) is 18.2 Å². The number of benzene rings is 2. The summed E-state index contributed by atoms with van der Waals surface area (Å²) in [5.41, 5.74) is 3.66. The summed E-state index contributed by atoms with van der Waals surface area (Å²) < 4.78 is 15.4. The minimum absolute atomic E-state index is 0.289. The highest BCUT2D eigenvalue weighted by molar-refractivity contribution is 8.00. The maximum Gasteiger partial charge on any atom is 0.335 e. The summed E-state index contributed by atoms with van der Waals surface area (Å²) in [6.45, 7) is 2.06. The van der Waals surface area contributed by atoms with Crippen molar-refractivity contribution in [1.29, 1.82) is 0 Å². The Morgan fingerprint density at radius 3 is 2.57 bits per heavy atom. The number of nitrogens with one attached hydrogen (secondary N) is 1. The molecule has 0 radical (unpaired) electrons. The minimum atomic E-state index is -1.04. The zero-order chi connectivity index (χ0) is 20.1. The summed E-state index contributed by atoms with van der Waals surface area (Å²) in [6, 6.07) is 11.3. The lowest BCUT2D eigenvalue weighted by atomic mass is 9.83. The minimum Gasteiger partial charge on any atom is -0.478 e. The molecule has 1 atom stereocenters. The molecule has 0 bridgehead atoms. The third-order valence-corrected chi connectivity index (χ3v) is 7.21. The molecule has 0 aromatic heterocycles. The van der Waals surface area contributed by atoms with E-state index in [0.29, 0.717) is 5.92 Å². The van der Waals surface area contributed by atoms with Gasteiger partial charge in [0.1, 0.15) is 0 Å². The van der Waals surface area contributed by atoms with Crippen LogP contribution in [0.5, 0.6) is 0 Å². The van der Waals surface area contributed by atoms with E-state index in [9.17, 15) is 14.1 Å². The van der Waals surface area contributed by atoms with Gasteiger partial charge in [0.15, 0.2) is 0 Å². The van der Waals surface area contributed by atoms with Crippen LogP contribution in [-0.4, -0.2) is 21.5 Å². The molecule has 4 nitrogen and oxygen atoms in total. The Morgan fingerprint density at radius 2 is 1.93 bits per heavy atom. The third kappa shape index (κ3) is 4.97. The van der Waals surface area contributed by atoms with Crippen molar-refractivity contribution in [3.8, 4) is 0 Å². The SMILES string of the molecule is CCc1ccc(C(=O)O)cc1SNc1cc(S(C)=O)ccc1C1CCCCC1. The molecule has 2 N–H and O–H groups in total. The number of hydrogen-bond acceptors (Lipinski definition) is 4. The van der Waals surface area contributed by atoms with Crippen molar-refractivity contribution < 1.29 is 14.1 Å². The van der Waals surface area contributed by atoms with Crippen LogP contribution in [0, 0.1) is 0 Å². The van der Waals surface area contributed by atoms with Gasteiger partial charge < -0.3 is 9.83 Å². The van der Waals surface area contributed by atoms with Gasteiger partial charge in [0, 0.05) is 32.5 Å². The van der Waals surface area contributed by atoms with Gasteiger partial charge in [-0.15, -0.1) is 0 Å². The van der Waals surface area contributed by atoms with Gasteiger partial charge in [0.25, 0.3) is 0 Å². The molecular weight excluding hydrogens is 390 g/mol. The van der Waals surface area contributed by atoms with Crippen molar-refractivity contribution in [3.63, 3.8) is 0 Å². The Labute approximate surface area is 173 Å². The van der Waals surface area contributed by atoms with Crippen LogP contribution in [-0.2, 0) is 17.2 Å². The molecule has 150 valence electrons. The van der Waals surface area contributed by atoms with Crippen LogP contribution in [0.25, 0.3) is 0 Å². The lowest BCUT2D eigenvalue weighted by molar-refractivity contribution is 0.0696. The average Bonchev–Trinajstić information content (AvgIpc) is 2.72. The van der Waals surface area contributed by atoms with E-state index >= 15 is 0 Å². The van der Waals surface area contributed by atoms with Crippen LogP contribution < -0.4 is 4.72 Å². The zero-order valence-electron chi connectivity index (χ0n) is 16.4. The van der Waals surface area contributed by atoms with Crippen LogP contribution in [0.3, 0.4) is 0 Å². The van der Waals surface area contributed by atoms with E-state index in [0.717, 1.165) is 27.5 Å². The molecule has 6 heteroatoms.